The molecular formula is C20H19ClN2O4S. The molecule has 146 valence electrons. The number of halogens is 1. The molecule has 0 amide bonds. The van der Waals surface area contributed by atoms with Crippen LogP contribution in [0.3, 0.4) is 0 Å². The van der Waals surface area contributed by atoms with Crippen molar-refractivity contribution in [2.75, 3.05) is 20.0 Å². The van der Waals surface area contributed by atoms with E-state index in [1.54, 1.807) is 25.3 Å². The highest BCUT2D eigenvalue weighted by Crippen LogP contribution is 2.29. The molecule has 1 heterocycles. The van der Waals surface area contributed by atoms with Crippen molar-refractivity contribution < 1.29 is 14.3 Å². The van der Waals surface area contributed by atoms with E-state index in [0.717, 1.165) is 5.56 Å². The second-order valence-corrected chi connectivity index (χ2v) is 7.54. The second-order valence-electron chi connectivity index (χ2n) is 6.05. The summed E-state index contributed by atoms with van der Waals surface area (Å²) in [6.45, 7) is 1.94. The fourth-order valence-electron chi connectivity index (χ4n) is 2.75. The topological polar surface area (TPSA) is 70.4 Å². The Bertz CT molecular complexity index is 1100. The third-order valence-electron chi connectivity index (χ3n) is 4.14. The average Bonchev–Trinajstić information content (AvgIpc) is 2.67. The van der Waals surface area contributed by atoms with Crippen LogP contribution < -0.4 is 10.3 Å². The Morgan fingerprint density at radius 1 is 1.21 bits per heavy atom. The fraction of sp³-hybridized carbons (Fsp3) is 0.250. The van der Waals surface area contributed by atoms with Crippen molar-refractivity contribution in [2.45, 2.75) is 18.5 Å². The predicted octanol–water partition coefficient (Wildman–Crippen LogP) is 4.01. The summed E-state index contributed by atoms with van der Waals surface area (Å²) < 4.78 is 11.7. The van der Waals surface area contributed by atoms with E-state index in [9.17, 15) is 9.59 Å². The minimum absolute atomic E-state index is 0.204. The number of aryl methyl sites for hydroxylation is 1. The minimum Gasteiger partial charge on any atom is -0.495 e. The zero-order chi connectivity index (χ0) is 20.3. The summed E-state index contributed by atoms with van der Waals surface area (Å²) in [4.78, 5) is 29.4. The number of esters is 1. The van der Waals surface area contributed by atoms with Crippen LogP contribution in [0.1, 0.15) is 12.0 Å². The van der Waals surface area contributed by atoms with Crippen molar-refractivity contribution in [3.05, 3.63) is 57.3 Å². The van der Waals surface area contributed by atoms with Crippen LogP contribution >= 0.6 is 23.4 Å². The molecular weight excluding hydrogens is 400 g/mol. The van der Waals surface area contributed by atoms with E-state index in [1.165, 1.54) is 23.4 Å². The van der Waals surface area contributed by atoms with Crippen LogP contribution in [-0.4, -0.2) is 35.5 Å². The maximum Gasteiger partial charge on any atom is 0.306 e. The Labute approximate surface area is 171 Å². The van der Waals surface area contributed by atoms with E-state index in [0.29, 0.717) is 38.3 Å². The van der Waals surface area contributed by atoms with Gasteiger partial charge < -0.3 is 9.47 Å². The number of carbonyl (C=O) groups excluding carboxylic acids is 1. The average molecular weight is 419 g/mol. The Morgan fingerprint density at radius 3 is 2.71 bits per heavy atom. The quantitative estimate of drug-likeness (QED) is 0.342. The van der Waals surface area contributed by atoms with Crippen molar-refractivity contribution in [3.8, 4) is 11.4 Å². The highest BCUT2D eigenvalue weighted by atomic mass is 35.5. The van der Waals surface area contributed by atoms with Gasteiger partial charge in [0.1, 0.15) is 5.75 Å². The molecule has 0 aliphatic heterocycles. The van der Waals surface area contributed by atoms with Crippen molar-refractivity contribution in [2.24, 2.45) is 0 Å². The highest BCUT2D eigenvalue weighted by molar-refractivity contribution is 7.99. The van der Waals surface area contributed by atoms with Gasteiger partial charge in [0.2, 0.25) is 0 Å². The number of benzene rings is 2. The third-order valence-corrected chi connectivity index (χ3v) is 5.32. The zero-order valence-corrected chi connectivity index (χ0v) is 17.3. The Hall–Kier alpha value is -2.51. The first-order valence-electron chi connectivity index (χ1n) is 8.51. The lowest BCUT2D eigenvalue weighted by atomic mass is 10.2. The molecule has 0 aliphatic rings. The number of fused-ring (bicyclic) bond motifs is 1. The molecule has 0 unspecified atom stereocenters. The lowest BCUT2D eigenvalue weighted by Crippen LogP contribution is -2.22. The van der Waals surface area contributed by atoms with Gasteiger partial charge in [-0.1, -0.05) is 29.4 Å². The van der Waals surface area contributed by atoms with E-state index in [4.69, 9.17) is 16.3 Å². The van der Waals surface area contributed by atoms with Gasteiger partial charge in [-0.2, -0.15) is 0 Å². The van der Waals surface area contributed by atoms with Crippen LogP contribution in [0.15, 0.2) is 46.3 Å². The van der Waals surface area contributed by atoms with E-state index in [1.807, 2.05) is 25.1 Å². The molecule has 0 saturated carbocycles. The van der Waals surface area contributed by atoms with Crippen LogP contribution in [0, 0.1) is 6.92 Å². The van der Waals surface area contributed by atoms with Crippen LogP contribution in [0.2, 0.25) is 5.02 Å². The minimum atomic E-state index is -0.321. The van der Waals surface area contributed by atoms with E-state index < -0.39 is 0 Å². The summed E-state index contributed by atoms with van der Waals surface area (Å²) >= 11 is 7.37. The molecule has 8 heteroatoms. The molecule has 1 aromatic heterocycles. The Morgan fingerprint density at radius 2 is 2.00 bits per heavy atom. The molecule has 0 fully saturated rings. The number of hydrogen-bond donors (Lipinski definition) is 0. The van der Waals surface area contributed by atoms with Gasteiger partial charge in [-0.25, -0.2) is 4.98 Å². The molecule has 2 aromatic carbocycles. The molecule has 0 aliphatic carbocycles. The first-order valence-corrected chi connectivity index (χ1v) is 9.88. The number of ether oxygens (including phenoxy) is 2. The number of carbonyl (C=O) groups is 1. The summed E-state index contributed by atoms with van der Waals surface area (Å²) in [5.74, 6) is 0.648. The number of hydrogen-bond acceptors (Lipinski definition) is 6. The monoisotopic (exact) mass is 418 g/mol. The molecule has 28 heavy (non-hydrogen) atoms. The summed E-state index contributed by atoms with van der Waals surface area (Å²) in [5, 5.41) is 1.40. The van der Waals surface area contributed by atoms with Gasteiger partial charge in [0.05, 0.1) is 37.2 Å². The summed E-state index contributed by atoms with van der Waals surface area (Å²) in [6, 6.07) is 10.6. The Kier molecular flexibility index (Phi) is 6.26. The maximum atomic E-state index is 13.3. The zero-order valence-electron chi connectivity index (χ0n) is 15.7. The van der Waals surface area contributed by atoms with Gasteiger partial charge in [-0.3, -0.25) is 14.2 Å². The van der Waals surface area contributed by atoms with Gasteiger partial charge in [0.25, 0.3) is 5.56 Å². The van der Waals surface area contributed by atoms with Gasteiger partial charge in [0, 0.05) is 10.8 Å². The van der Waals surface area contributed by atoms with Crippen LogP contribution in [0.5, 0.6) is 5.75 Å². The molecule has 0 saturated heterocycles. The van der Waals surface area contributed by atoms with Gasteiger partial charge in [-0.05, 0) is 42.8 Å². The molecule has 0 atom stereocenters. The van der Waals surface area contributed by atoms with Gasteiger partial charge in [-0.15, -0.1) is 0 Å². The van der Waals surface area contributed by atoms with Crippen molar-refractivity contribution in [1.29, 1.82) is 0 Å². The van der Waals surface area contributed by atoms with Crippen LogP contribution in [0.25, 0.3) is 16.6 Å². The number of aromatic nitrogens is 2. The molecule has 0 radical (unpaired) electrons. The fourth-order valence-corrected chi connectivity index (χ4v) is 3.84. The smallest absolute Gasteiger partial charge is 0.306 e. The standard InChI is InChI=1S/C20H19ClN2O4S/c1-12-4-7-17(26-2)16(10-12)23-19(25)14-6-5-13(21)11-15(14)22-20(23)28-9-8-18(24)27-3/h4-7,10-11H,8-9H2,1-3H3. The number of methoxy groups -OCH3 is 2. The Balaban J connectivity index is 2.21. The van der Waals surface area contributed by atoms with E-state index in [2.05, 4.69) is 9.72 Å². The molecule has 0 spiro atoms. The molecule has 6 nitrogen and oxygen atoms in total. The van der Waals surface area contributed by atoms with E-state index in [-0.39, 0.29) is 17.9 Å². The number of rotatable bonds is 6. The maximum absolute atomic E-state index is 13.3. The largest absolute Gasteiger partial charge is 0.495 e. The normalized spacial score (nSPS) is 10.9. The van der Waals surface area contributed by atoms with Crippen LogP contribution in [-0.2, 0) is 9.53 Å². The highest BCUT2D eigenvalue weighted by Gasteiger charge is 2.17. The van der Waals surface area contributed by atoms with Crippen molar-refractivity contribution >= 4 is 40.2 Å². The number of thioether (sulfide) groups is 1. The van der Waals surface area contributed by atoms with Gasteiger partial charge >= 0.3 is 5.97 Å². The molecule has 3 rings (SSSR count). The van der Waals surface area contributed by atoms with Crippen molar-refractivity contribution in [3.63, 3.8) is 0 Å². The third kappa shape index (κ3) is 4.15. The summed E-state index contributed by atoms with van der Waals surface area (Å²) in [7, 11) is 2.90. The molecule has 3 aromatic rings. The van der Waals surface area contributed by atoms with Gasteiger partial charge in [0.15, 0.2) is 5.16 Å². The lowest BCUT2D eigenvalue weighted by molar-refractivity contribution is -0.140. The summed E-state index contributed by atoms with van der Waals surface area (Å²) in [5.41, 5.74) is 1.84. The first kappa shape index (κ1) is 20.2. The summed E-state index contributed by atoms with van der Waals surface area (Å²) in [6.07, 6.45) is 0.204. The predicted molar refractivity (Wildman–Crippen MR) is 111 cm³/mol. The van der Waals surface area contributed by atoms with Crippen molar-refractivity contribution in [1.82, 2.24) is 9.55 Å². The van der Waals surface area contributed by atoms with Crippen LogP contribution in [0.4, 0.5) is 0 Å². The SMILES string of the molecule is COC(=O)CCSc1nc2cc(Cl)ccc2c(=O)n1-c1cc(C)ccc1OC. The second kappa shape index (κ2) is 8.67. The first-order chi connectivity index (χ1) is 13.4. The molecule has 0 N–H and O–H groups in total. The lowest BCUT2D eigenvalue weighted by Gasteiger charge is -2.16. The number of nitrogens with zero attached hydrogens (tertiary/aromatic N) is 2. The molecule has 0 bridgehead atoms. The van der Waals surface area contributed by atoms with E-state index >= 15 is 0 Å².